The molecule has 8 heteroatoms. The van der Waals surface area contributed by atoms with Crippen molar-refractivity contribution in [1.29, 1.82) is 0 Å². The summed E-state index contributed by atoms with van der Waals surface area (Å²) in [5, 5.41) is 3.23. The number of benzene rings is 1. The molecular weight excluding hydrogens is 364 g/mol. The zero-order chi connectivity index (χ0) is 19.6. The third-order valence-corrected chi connectivity index (χ3v) is 4.50. The lowest BCUT2D eigenvalue weighted by Gasteiger charge is -2.15. The van der Waals surface area contributed by atoms with Gasteiger partial charge < -0.3 is 9.15 Å². The maximum atomic E-state index is 11.7. The molecule has 0 fully saturated rings. The van der Waals surface area contributed by atoms with Gasteiger partial charge >= 0.3 is 5.97 Å². The molecule has 2 heterocycles. The van der Waals surface area contributed by atoms with Crippen LogP contribution >= 0.6 is 12.2 Å². The maximum absolute atomic E-state index is 11.7. The van der Waals surface area contributed by atoms with E-state index in [-0.39, 0.29) is 0 Å². The minimum absolute atomic E-state index is 0.399. The van der Waals surface area contributed by atoms with Crippen LogP contribution in [0.25, 0.3) is 11.4 Å². The van der Waals surface area contributed by atoms with Gasteiger partial charge in [0.2, 0.25) is 4.77 Å². The molecule has 0 saturated carbocycles. The van der Waals surface area contributed by atoms with E-state index in [1.165, 1.54) is 12.7 Å². The summed E-state index contributed by atoms with van der Waals surface area (Å²) >= 11 is 5.37. The molecule has 0 atom stereocenters. The molecule has 1 N–H and O–H groups in total. The van der Waals surface area contributed by atoms with Gasteiger partial charge in [-0.1, -0.05) is 29.8 Å². The van der Waals surface area contributed by atoms with Crippen molar-refractivity contribution in [1.82, 2.24) is 19.7 Å². The van der Waals surface area contributed by atoms with Crippen molar-refractivity contribution in [3.63, 3.8) is 0 Å². The topological polar surface area (TPSA) is 76.3 Å². The fourth-order valence-electron chi connectivity index (χ4n) is 2.78. The summed E-state index contributed by atoms with van der Waals surface area (Å²) in [6.45, 7) is 4.81. The van der Waals surface area contributed by atoms with Crippen LogP contribution in [0.1, 0.15) is 27.4 Å². The molecule has 27 heavy (non-hydrogen) atoms. The number of aromatic amines is 1. The molecule has 3 rings (SSSR count). The van der Waals surface area contributed by atoms with Crippen LogP contribution in [0.15, 0.2) is 34.7 Å². The molecule has 0 bridgehead atoms. The monoisotopic (exact) mass is 386 g/mol. The number of nitrogens with zero attached hydrogens (tertiary/aromatic N) is 3. The van der Waals surface area contributed by atoms with Crippen LogP contribution in [0.3, 0.4) is 0 Å². The molecule has 0 unspecified atom stereocenters. The molecule has 0 aliphatic heterocycles. The number of aromatic nitrogens is 3. The minimum Gasteiger partial charge on any atom is -0.465 e. The fourth-order valence-corrected chi connectivity index (χ4v) is 2.98. The highest BCUT2D eigenvalue weighted by Gasteiger charge is 2.16. The van der Waals surface area contributed by atoms with Gasteiger partial charge in [-0.3, -0.25) is 10.00 Å². The van der Waals surface area contributed by atoms with Crippen molar-refractivity contribution in [3.05, 3.63) is 57.8 Å². The third-order valence-electron chi connectivity index (χ3n) is 4.19. The average Bonchev–Trinajstić information content (AvgIpc) is 3.17. The number of H-pyrrole nitrogens is 1. The van der Waals surface area contributed by atoms with Gasteiger partial charge in [-0.25, -0.2) is 9.48 Å². The Balaban J connectivity index is 1.71. The molecule has 0 spiro atoms. The SMILES string of the molecule is COC(=O)c1cc(CN(C)Cn2[nH]c(-c3ccc(C)cc3)nc2=S)oc1C. The first-order chi connectivity index (χ1) is 12.9. The number of furan rings is 1. The summed E-state index contributed by atoms with van der Waals surface area (Å²) in [7, 11) is 3.29. The van der Waals surface area contributed by atoms with E-state index in [0.717, 1.165) is 11.4 Å². The van der Waals surface area contributed by atoms with Crippen LogP contribution in [0, 0.1) is 18.6 Å². The molecule has 0 amide bonds. The first-order valence-corrected chi connectivity index (χ1v) is 8.88. The van der Waals surface area contributed by atoms with Crippen molar-refractivity contribution >= 4 is 18.2 Å². The van der Waals surface area contributed by atoms with Gasteiger partial charge in [0.1, 0.15) is 17.1 Å². The Hall–Kier alpha value is -2.71. The summed E-state index contributed by atoms with van der Waals surface area (Å²) in [6, 6.07) is 9.81. The zero-order valence-electron chi connectivity index (χ0n) is 15.8. The second-order valence-corrected chi connectivity index (χ2v) is 6.84. The second-order valence-electron chi connectivity index (χ2n) is 6.48. The van der Waals surface area contributed by atoms with Gasteiger partial charge in [-0.2, -0.15) is 4.98 Å². The van der Waals surface area contributed by atoms with Gasteiger partial charge in [-0.05, 0) is 39.2 Å². The highest BCUT2D eigenvalue weighted by Crippen LogP contribution is 2.18. The van der Waals surface area contributed by atoms with Crippen LogP contribution in [-0.2, 0) is 18.0 Å². The number of rotatable bonds is 6. The van der Waals surface area contributed by atoms with Crippen LogP contribution in [0.5, 0.6) is 0 Å². The Morgan fingerprint density at radius 3 is 2.70 bits per heavy atom. The van der Waals surface area contributed by atoms with Crippen molar-refractivity contribution in [3.8, 4) is 11.4 Å². The van der Waals surface area contributed by atoms with E-state index in [1.807, 2.05) is 43.1 Å². The van der Waals surface area contributed by atoms with Crippen molar-refractivity contribution in [2.45, 2.75) is 27.1 Å². The van der Waals surface area contributed by atoms with Crippen molar-refractivity contribution in [2.24, 2.45) is 0 Å². The first-order valence-electron chi connectivity index (χ1n) is 8.47. The van der Waals surface area contributed by atoms with Crippen LogP contribution in [0.2, 0.25) is 0 Å². The van der Waals surface area contributed by atoms with Crippen LogP contribution in [-0.4, -0.2) is 39.8 Å². The molecule has 0 aliphatic carbocycles. The number of nitrogens with one attached hydrogen (secondary N) is 1. The number of esters is 1. The standard InChI is InChI=1S/C19H22N4O3S/c1-12-5-7-14(8-6-12)17-20-19(27)23(21-17)11-22(3)10-15-9-16(13(2)26-15)18(24)25-4/h5-9H,10-11H2,1-4H3,(H,20,21,27). The molecule has 7 nitrogen and oxygen atoms in total. The Kier molecular flexibility index (Phi) is 5.57. The molecule has 2 aromatic heterocycles. The predicted octanol–water partition coefficient (Wildman–Crippen LogP) is 3.69. The van der Waals surface area contributed by atoms with Gasteiger partial charge in [0.15, 0.2) is 5.82 Å². The fraction of sp³-hybridized carbons (Fsp3) is 0.316. The number of hydrogen-bond acceptors (Lipinski definition) is 6. The third kappa shape index (κ3) is 4.35. The summed E-state index contributed by atoms with van der Waals surface area (Å²) < 4.78 is 12.7. The van der Waals surface area contributed by atoms with Crippen molar-refractivity contribution < 1.29 is 13.9 Å². The Morgan fingerprint density at radius 1 is 1.33 bits per heavy atom. The lowest BCUT2D eigenvalue weighted by Crippen LogP contribution is -2.22. The lowest BCUT2D eigenvalue weighted by molar-refractivity contribution is 0.0599. The molecule has 142 valence electrons. The highest BCUT2D eigenvalue weighted by molar-refractivity contribution is 7.71. The van der Waals surface area contributed by atoms with E-state index in [1.54, 1.807) is 17.7 Å². The number of hydrogen-bond donors (Lipinski definition) is 1. The highest BCUT2D eigenvalue weighted by atomic mass is 32.1. The minimum atomic E-state index is -0.399. The normalized spacial score (nSPS) is 11.1. The quantitative estimate of drug-likeness (QED) is 0.514. The van der Waals surface area contributed by atoms with Crippen LogP contribution < -0.4 is 0 Å². The van der Waals surface area contributed by atoms with Crippen LogP contribution in [0.4, 0.5) is 0 Å². The maximum Gasteiger partial charge on any atom is 0.341 e. The smallest absolute Gasteiger partial charge is 0.341 e. The van der Waals surface area contributed by atoms with Gasteiger partial charge in [0.05, 0.1) is 20.3 Å². The van der Waals surface area contributed by atoms with E-state index >= 15 is 0 Å². The summed E-state index contributed by atoms with van der Waals surface area (Å²) in [4.78, 5) is 18.1. The Morgan fingerprint density at radius 2 is 2.04 bits per heavy atom. The van der Waals surface area contributed by atoms with E-state index in [0.29, 0.717) is 35.1 Å². The summed E-state index contributed by atoms with van der Waals surface area (Å²) in [6.07, 6.45) is 0. The molecule has 1 aromatic carbocycles. The number of methoxy groups -OCH3 is 1. The number of ether oxygens (including phenoxy) is 1. The number of carbonyl (C=O) groups is 1. The van der Waals surface area contributed by atoms with Crippen molar-refractivity contribution in [2.75, 3.05) is 14.2 Å². The molecule has 0 radical (unpaired) electrons. The van der Waals surface area contributed by atoms with E-state index in [2.05, 4.69) is 10.1 Å². The van der Waals surface area contributed by atoms with Gasteiger partial charge in [0.25, 0.3) is 0 Å². The Bertz CT molecular complexity index is 1000. The number of carbonyl (C=O) groups excluding carboxylic acids is 1. The Labute approximate surface area is 162 Å². The van der Waals surface area contributed by atoms with E-state index < -0.39 is 5.97 Å². The zero-order valence-corrected chi connectivity index (χ0v) is 16.6. The van der Waals surface area contributed by atoms with E-state index in [9.17, 15) is 4.79 Å². The van der Waals surface area contributed by atoms with E-state index in [4.69, 9.17) is 21.4 Å². The second kappa shape index (κ2) is 7.89. The number of aryl methyl sites for hydroxylation is 2. The molecular formula is C19H22N4O3S. The largest absolute Gasteiger partial charge is 0.465 e. The molecule has 0 aliphatic rings. The molecule has 0 saturated heterocycles. The first kappa shape index (κ1) is 19.1. The van der Waals surface area contributed by atoms with Gasteiger partial charge in [0, 0.05) is 5.56 Å². The van der Waals surface area contributed by atoms with Gasteiger partial charge in [-0.15, -0.1) is 0 Å². The summed E-state index contributed by atoms with van der Waals surface area (Å²) in [5.41, 5.74) is 2.62. The average molecular weight is 386 g/mol. The summed E-state index contributed by atoms with van der Waals surface area (Å²) in [5.74, 6) is 1.56. The predicted molar refractivity (Wildman–Crippen MR) is 104 cm³/mol. The lowest BCUT2D eigenvalue weighted by atomic mass is 10.1. The molecule has 3 aromatic rings.